The molecule has 2 N–H and O–H groups in total. The fraction of sp³-hybridized carbons (Fsp3) is 0.389. The number of benzene rings is 1. The molecule has 2 aromatic rings. The molecule has 0 saturated heterocycles. The third-order valence-electron chi connectivity index (χ3n) is 3.50. The number of furan rings is 1. The highest BCUT2D eigenvalue weighted by atomic mass is 16.3. The first-order valence-corrected chi connectivity index (χ1v) is 7.79. The zero-order valence-electron chi connectivity index (χ0n) is 13.6. The average molecular weight is 299 g/mol. The average Bonchev–Trinajstić information content (AvgIpc) is 3.00. The summed E-state index contributed by atoms with van der Waals surface area (Å²) in [5.74, 6) is 1.69. The summed E-state index contributed by atoms with van der Waals surface area (Å²) >= 11 is 0. The van der Waals surface area contributed by atoms with Crippen LogP contribution < -0.4 is 10.6 Å². The molecule has 0 amide bonds. The van der Waals surface area contributed by atoms with E-state index in [-0.39, 0.29) is 0 Å². The van der Waals surface area contributed by atoms with Gasteiger partial charge in [0.05, 0.1) is 6.26 Å². The van der Waals surface area contributed by atoms with E-state index in [2.05, 4.69) is 54.6 Å². The smallest absolute Gasteiger partial charge is 0.191 e. The summed E-state index contributed by atoms with van der Waals surface area (Å²) in [6.45, 7) is 8.60. The van der Waals surface area contributed by atoms with Gasteiger partial charge in [0, 0.05) is 13.1 Å². The van der Waals surface area contributed by atoms with Gasteiger partial charge in [0.1, 0.15) is 12.3 Å². The van der Waals surface area contributed by atoms with Gasteiger partial charge in [-0.15, -0.1) is 0 Å². The van der Waals surface area contributed by atoms with Crippen LogP contribution in [0.25, 0.3) is 0 Å². The summed E-state index contributed by atoms with van der Waals surface area (Å²) in [5.41, 5.74) is 4.03. The van der Waals surface area contributed by atoms with Gasteiger partial charge in [0.25, 0.3) is 0 Å². The van der Waals surface area contributed by atoms with Crippen LogP contribution in [0.15, 0.2) is 46.0 Å². The fourth-order valence-corrected chi connectivity index (χ4v) is 2.34. The molecule has 2 rings (SSSR count). The predicted octanol–water partition coefficient (Wildman–Crippen LogP) is 3.19. The first kappa shape index (κ1) is 16.1. The molecule has 4 heteroatoms. The Morgan fingerprint density at radius 2 is 2.05 bits per heavy atom. The van der Waals surface area contributed by atoms with Gasteiger partial charge in [-0.3, -0.25) is 0 Å². The van der Waals surface area contributed by atoms with E-state index in [4.69, 9.17) is 4.42 Å². The van der Waals surface area contributed by atoms with Gasteiger partial charge in [-0.2, -0.15) is 0 Å². The second-order valence-electron chi connectivity index (χ2n) is 5.38. The highest BCUT2D eigenvalue weighted by molar-refractivity contribution is 5.79. The Morgan fingerprint density at radius 3 is 2.73 bits per heavy atom. The lowest BCUT2D eigenvalue weighted by Crippen LogP contribution is -2.38. The van der Waals surface area contributed by atoms with Gasteiger partial charge in [0.15, 0.2) is 5.96 Å². The Morgan fingerprint density at radius 1 is 1.18 bits per heavy atom. The van der Waals surface area contributed by atoms with Crippen LogP contribution in [0, 0.1) is 13.8 Å². The molecule has 0 radical (unpaired) electrons. The molecule has 1 aromatic carbocycles. The van der Waals surface area contributed by atoms with E-state index >= 15 is 0 Å². The van der Waals surface area contributed by atoms with E-state index in [0.29, 0.717) is 6.54 Å². The van der Waals surface area contributed by atoms with Crippen molar-refractivity contribution in [2.45, 2.75) is 33.7 Å². The monoisotopic (exact) mass is 299 g/mol. The third kappa shape index (κ3) is 4.95. The topological polar surface area (TPSA) is 49.6 Å². The van der Waals surface area contributed by atoms with Crippen molar-refractivity contribution in [2.24, 2.45) is 4.99 Å². The SMILES string of the molecule is CCNC(=NCc1ccco1)NCCc1ccc(C)cc1C. The molecule has 4 nitrogen and oxygen atoms in total. The van der Waals surface area contributed by atoms with Crippen molar-refractivity contribution in [3.8, 4) is 0 Å². The minimum Gasteiger partial charge on any atom is -0.467 e. The first-order chi connectivity index (χ1) is 10.7. The molecule has 0 saturated carbocycles. The molecule has 0 atom stereocenters. The highest BCUT2D eigenvalue weighted by Crippen LogP contribution is 2.10. The lowest BCUT2D eigenvalue weighted by molar-refractivity contribution is 0.512. The second kappa shape index (κ2) is 8.27. The normalized spacial score (nSPS) is 11.5. The number of hydrogen-bond donors (Lipinski definition) is 2. The number of guanidine groups is 1. The van der Waals surface area contributed by atoms with E-state index in [1.807, 2.05) is 12.1 Å². The van der Waals surface area contributed by atoms with E-state index < -0.39 is 0 Å². The van der Waals surface area contributed by atoms with Crippen molar-refractivity contribution in [3.63, 3.8) is 0 Å². The predicted molar refractivity (Wildman–Crippen MR) is 91.1 cm³/mol. The molecule has 1 aromatic heterocycles. The highest BCUT2D eigenvalue weighted by Gasteiger charge is 2.01. The van der Waals surface area contributed by atoms with Gasteiger partial charge in [-0.25, -0.2) is 4.99 Å². The maximum absolute atomic E-state index is 5.30. The maximum Gasteiger partial charge on any atom is 0.191 e. The van der Waals surface area contributed by atoms with Crippen LogP contribution in [0.5, 0.6) is 0 Å². The summed E-state index contributed by atoms with van der Waals surface area (Å²) in [4.78, 5) is 4.52. The quantitative estimate of drug-likeness (QED) is 0.636. The van der Waals surface area contributed by atoms with Crippen molar-refractivity contribution in [2.75, 3.05) is 13.1 Å². The number of rotatable bonds is 6. The first-order valence-electron chi connectivity index (χ1n) is 7.79. The van der Waals surface area contributed by atoms with Gasteiger partial charge in [-0.05, 0) is 50.5 Å². The van der Waals surface area contributed by atoms with E-state index in [1.54, 1.807) is 6.26 Å². The van der Waals surface area contributed by atoms with Crippen molar-refractivity contribution in [1.82, 2.24) is 10.6 Å². The molecule has 0 aliphatic rings. The van der Waals surface area contributed by atoms with Crippen molar-refractivity contribution < 1.29 is 4.42 Å². The zero-order chi connectivity index (χ0) is 15.8. The molecule has 118 valence electrons. The van der Waals surface area contributed by atoms with Crippen LogP contribution in [0.4, 0.5) is 0 Å². The maximum atomic E-state index is 5.30. The Kier molecular flexibility index (Phi) is 6.07. The van der Waals surface area contributed by atoms with Crippen LogP contribution in [0.2, 0.25) is 0 Å². The molecule has 1 heterocycles. The molecule has 0 aliphatic carbocycles. The van der Waals surface area contributed by atoms with E-state index in [0.717, 1.165) is 31.2 Å². The molecule has 0 unspecified atom stereocenters. The van der Waals surface area contributed by atoms with Gasteiger partial charge < -0.3 is 15.1 Å². The van der Waals surface area contributed by atoms with Gasteiger partial charge in [-0.1, -0.05) is 23.8 Å². The Balaban J connectivity index is 1.87. The summed E-state index contributed by atoms with van der Waals surface area (Å²) < 4.78 is 5.30. The zero-order valence-corrected chi connectivity index (χ0v) is 13.6. The molecule has 0 spiro atoms. The molecule has 0 aliphatic heterocycles. The van der Waals surface area contributed by atoms with Gasteiger partial charge in [0.2, 0.25) is 0 Å². The lowest BCUT2D eigenvalue weighted by Gasteiger charge is -2.12. The molecule has 0 fully saturated rings. The number of nitrogens with zero attached hydrogens (tertiary/aromatic N) is 1. The van der Waals surface area contributed by atoms with Crippen molar-refractivity contribution >= 4 is 5.96 Å². The van der Waals surface area contributed by atoms with Crippen LogP contribution >= 0.6 is 0 Å². The standard InChI is InChI=1S/C18H25N3O/c1-4-19-18(21-13-17-6-5-11-22-17)20-10-9-16-8-7-14(2)12-15(16)3/h5-8,11-12H,4,9-10,13H2,1-3H3,(H2,19,20,21). The number of hydrogen-bond acceptors (Lipinski definition) is 2. The fourth-order valence-electron chi connectivity index (χ4n) is 2.34. The third-order valence-corrected chi connectivity index (χ3v) is 3.50. The number of aliphatic imine (C=N–C) groups is 1. The Labute approximate surface area is 132 Å². The molecular formula is C18H25N3O. The van der Waals surface area contributed by atoms with Crippen LogP contribution in [-0.4, -0.2) is 19.0 Å². The van der Waals surface area contributed by atoms with E-state index in [1.165, 1.54) is 16.7 Å². The largest absolute Gasteiger partial charge is 0.467 e. The number of aryl methyl sites for hydroxylation is 2. The van der Waals surface area contributed by atoms with Crippen LogP contribution in [0.3, 0.4) is 0 Å². The van der Waals surface area contributed by atoms with Crippen LogP contribution in [-0.2, 0) is 13.0 Å². The van der Waals surface area contributed by atoms with E-state index in [9.17, 15) is 0 Å². The second-order valence-corrected chi connectivity index (χ2v) is 5.38. The molecular weight excluding hydrogens is 274 g/mol. The summed E-state index contributed by atoms with van der Waals surface area (Å²) in [7, 11) is 0. The summed E-state index contributed by atoms with van der Waals surface area (Å²) in [6.07, 6.45) is 2.66. The van der Waals surface area contributed by atoms with Gasteiger partial charge >= 0.3 is 0 Å². The van der Waals surface area contributed by atoms with Crippen LogP contribution in [0.1, 0.15) is 29.4 Å². The summed E-state index contributed by atoms with van der Waals surface area (Å²) in [6, 6.07) is 10.4. The summed E-state index contributed by atoms with van der Waals surface area (Å²) in [5, 5.41) is 6.62. The molecule has 22 heavy (non-hydrogen) atoms. The minimum absolute atomic E-state index is 0.548. The number of nitrogens with one attached hydrogen (secondary N) is 2. The van der Waals surface area contributed by atoms with Crippen molar-refractivity contribution in [3.05, 3.63) is 59.0 Å². The molecule has 0 bridgehead atoms. The Hall–Kier alpha value is -2.23. The lowest BCUT2D eigenvalue weighted by atomic mass is 10.0. The Bertz CT molecular complexity index is 603. The van der Waals surface area contributed by atoms with Crippen molar-refractivity contribution in [1.29, 1.82) is 0 Å². The minimum atomic E-state index is 0.548.